The van der Waals surface area contributed by atoms with E-state index in [4.69, 9.17) is 0 Å². The van der Waals surface area contributed by atoms with Crippen LogP contribution in [0.2, 0.25) is 0 Å². The third kappa shape index (κ3) is 3.14. The molecule has 3 aromatic rings. The fourth-order valence-corrected chi connectivity index (χ4v) is 2.69. The third-order valence-corrected chi connectivity index (χ3v) is 3.97. The fraction of sp³-hybridized carbons (Fsp3) is 0.375. The molecule has 1 aliphatic rings. The number of benzene rings is 1. The largest absolute Gasteiger partial charge is 0.295 e. The van der Waals surface area contributed by atoms with Crippen LogP contribution in [0.3, 0.4) is 0 Å². The molecule has 0 spiro atoms. The van der Waals surface area contributed by atoms with Crippen molar-refractivity contribution >= 4 is 0 Å². The molecule has 23 heavy (non-hydrogen) atoms. The maximum Gasteiger partial charge on any atom is 0.165 e. The molecule has 2 aromatic heterocycles. The summed E-state index contributed by atoms with van der Waals surface area (Å²) in [6, 6.07) is 10.6. The molecule has 1 aromatic carbocycles. The monoisotopic (exact) mass is 309 g/mol. The standard InChI is InChI=1S/C16H19N7/c1-21(12-16-18-19-20-23(16)15-7-8-15)10-13-9-17-22(11-13)14-5-3-2-4-6-14/h2-6,9,11,15H,7-8,10,12H2,1H3. The normalized spacial score (nSPS) is 14.5. The van der Waals surface area contributed by atoms with Crippen molar-refractivity contribution in [3.05, 3.63) is 54.1 Å². The Morgan fingerprint density at radius 1 is 1.17 bits per heavy atom. The van der Waals surface area contributed by atoms with Crippen LogP contribution in [0.1, 0.15) is 30.3 Å². The van der Waals surface area contributed by atoms with E-state index in [1.807, 2.05) is 45.9 Å². The van der Waals surface area contributed by atoms with E-state index in [-0.39, 0.29) is 0 Å². The van der Waals surface area contributed by atoms with Crippen molar-refractivity contribution in [2.75, 3.05) is 7.05 Å². The highest BCUT2D eigenvalue weighted by atomic mass is 15.6. The molecule has 0 aliphatic heterocycles. The molecule has 1 aliphatic carbocycles. The summed E-state index contributed by atoms with van der Waals surface area (Å²) in [6.45, 7) is 1.55. The second kappa shape index (κ2) is 5.92. The number of aromatic nitrogens is 6. The number of hydrogen-bond donors (Lipinski definition) is 0. The van der Waals surface area contributed by atoms with Gasteiger partial charge in [-0.1, -0.05) is 18.2 Å². The highest BCUT2D eigenvalue weighted by Crippen LogP contribution is 2.34. The molecular formula is C16H19N7. The highest BCUT2D eigenvalue weighted by Gasteiger charge is 2.27. The maximum absolute atomic E-state index is 4.44. The molecule has 7 heteroatoms. The van der Waals surface area contributed by atoms with Crippen LogP contribution in [0.25, 0.3) is 5.69 Å². The van der Waals surface area contributed by atoms with Crippen molar-refractivity contribution in [3.8, 4) is 5.69 Å². The van der Waals surface area contributed by atoms with Gasteiger partial charge in [0, 0.05) is 18.3 Å². The molecule has 0 saturated heterocycles. The summed E-state index contributed by atoms with van der Waals surface area (Å²) in [5, 5.41) is 16.5. The van der Waals surface area contributed by atoms with E-state index in [2.05, 4.69) is 38.8 Å². The predicted molar refractivity (Wildman–Crippen MR) is 84.8 cm³/mol. The minimum Gasteiger partial charge on any atom is -0.295 e. The zero-order valence-electron chi connectivity index (χ0n) is 13.1. The van der Waals surface area contributed by atoms with Gasteiger partial charge in [-0.3, -0.25) is 4.90 Å². The summed E-state index contributed by atoms with van der Waals surface area (Å²) in [5.74, 6) is 0.936. The second-order valence-electron chi connectivity index (χ2n) is 6.07. The Morgan fingerprint density at radius 3 is 2.78 bits per heavy atom. The Bertz CT molecular complexity index is 773. The zero-order valence-corrected chi connectivity index (χ0v) is 13.1. The Labute approximate surface area is 134 Å². The molecular weight excluding hydrogens is 290 g/mol. The lowest BCUT2D eigenvalue weighted by molar-refractivity contribution is 0.302. The van der Waals surface area contributed by atoms with E-state index in [0.717, 1.165) is 24.6 Å². The number of rotatable bonds is 6. The number of nitrogens with zero attached hydrogens (tertiary/aromatic N) is 7. The van der Waals surface area contributed by atoms with Gasteiger partial charge in [0.15, 0.2) is 5.82 Å². The summed E-state index contributed by atoms with van der Waals surface area (Å²) in [4.78, 5) is 2.21. The highest BCUT2D eigenvalue weighted by molar-refractivity contribution is 5.30. The smallest absolute Gasteiger partial charge is 0.165 e. The van der Waals surface area contributed by atoms with Gasteiger partial charge < -0.3 is 0 Å². The molecule has 1 saturated carbocycles. The lowest BCUT2D eigenvalue weighted by atomic mass is 10.3. The molecule has 0 radical (unpaired) electrons. The predicted octanol–water partition coefficient (Wildman–Crippen LogP) is 1.83. The number of tetrazole rings is 1. The molecule has 0 atom stereocenters. The Balaban J connectivity index is 1.42. The average Bonchev–Trinajstić information content (AvgIpc) is 3.13. The molecule has 0 unspecified atom stereocenters. The Kier molecular flexibility index (Phi) is 3.63. The van der Waals surface area contributed by atoms with E-state index >= 15 is 0 Å². The van der Waals surface area contributed by atoms with Crippen molar-refractivity contribution in [1.82, 2.24) is 34.9 Å². The van der Waals surface area contributed by atoms with E-state index < -0.39 is 0 Å². The van der Waals surface area contributed by atoms with Crippen LogP contribution in [-0.2, 0) is 13.1 Å². The van der Waals surface area contributed by atoms with Crippen LogP contribution in [0.5, 0.6) is 0 Å². The van der Waals surface area contributed by atoms with Crippen LogP contribution in [0.15, 0.2) is 42.7 Å². The maximum atomic E-state index is 4.44. The van der Waals surface area contributed by atoms with Crippen molar-refractivity contribution < 1.29 is 0 Å². The van der Waals surface area contributed by atoms with Crippen molar-refractivity contribution in [2.24, 2.45) is 0 Å². The van der Waals surface area contributed by atoms with Crippen molar-refractivity contribution in [2.45, 2.75) is 32.0 Å². The minimum absolute atomic E-state index is 0.509. The van der Waals surface area contributed by atoms with Gasteiger partial charge in [-0.15, -0.1) is 5.10 Å². The van der Waals surface area contributed by atoms with Crippen LogP contribution in [0.4, 0.5) is 0 Å². The quantitative estimate of drug-likeness (QED) is 0.695. The summed E-state index contributed by atoms with van der Waals surface area (Å²) in [7, 11) is 2.08. The van der Waals surface area contributed by atoms with Gasteiger partial charge in [-0.25, -0.2) is 9.36 Å². The topological polar surface area (TPSA) is 64.7 Å². The van der Waals surface area contributed by atoms with E-state index in [1.165, 1.54) is 18.4 Å². The second-order valence-corrected chi connectivity index (χ2v) is 6.07. The van der Waals surface area contributed by atoms with Gasteiger partial charge >= 0.3 is 0 Å². The van der Waals surface area contributed by atoms with Crippen LogP contribution >= 0.6 is 0 Å². The molecule has 0 bridgehead atoms. The molecule has 1 fully saturated rings. The third-order valence-electron chi connectivity index (χ3n) is 3.97. The zero-order chi connectivity index (χ0) is 15.6. The lowest BCUT2D eigenvalue weighted by Gasteiger charge is -2.14. The van der Waals surface area contributed by atoms with Crippen molar-refractivity contribution in [1.29, 1.82) is 0 Å². The Hall–Kier alpha value is -2.54. The number of para-hydroxylation sites is 1. The van der Waals surface area contributed by atoms with Crippen LogP contribution < -0.4 is 0 Å². The summed E-state index contributed by atoms with van der Waals surface area (Å²) < 4.78 is 3.86. The molecule has 2 heterocycles. The van der Waals surface area contributed by atoms with E-state index in [1.54, 1.807) is 0 Å². The minimum atomic E-state index is 0.509. The van der Waals surface area contributed by atoms with Crippen molar-refractivity contribution in [3.63, 3.8) is 0 Å². The lowest BCUT2D eigenvalue weighted by Crippen LogP contribution is -2.20. The van der Waals surface area contributed by atoms with Gasteiger partial charge in [0.25, 0.3) is 0 Å². The molecule has 7 nitrogen and oxygen atoms in total. The number of hydrogen-bond acceptors (Lipinski definition) is 5. The van der Waals surface area contributed by atoms with E-state index in [9.17, 15) is 0 Å². The average molecular weight is 309 g/mol. The Morgan fingerprint density at radius 2 is 2.00 bits per heavy atom. The first-order chi connectivity index (χ1) is 11.3. The van der Waals surface area contributed by atoms with Gasteiger partial charge in [-0.05, 0) is 42.4 Å². The molecule has 118 valence electrons. The van der Waals surface area contributed by atoms with E-state index in [0.29, 0.717) is 6.04 Å². The first-order valence-electron chi connectivity index (χ1n) is 7.84. The summed E-state index contributed by atoms with van der Waals surface area (Å²) >= 11 is 0. The van der Waals surface area contributed by atoms with Crippen LogP contribution in [0, 0.1) is 0 Å². The molecule has 0 N–H and O–H groups in total. The van der Waals surface area contributed by atoms with Gasteiger partial charge in [-0.2, -0.15) is 5.10 Å². The molecule has 0 amide bonds. The van der Waals surface area contributed by atoms with Gasteiger partial charge in [0.05, 0.1) is 24.5 Å². The summed E-state index contributed by atoms with van der Waals surface area (Å²) in [5.41, 5.74) is 2.24. The van der Waals surface area contributed by atoms with Crippen LogP contribution in [-0.4, -0.2) is 41.9 Å². The summed E-state index contributed by atoms with van der Waals surface area (Å²) in [6.07, 6.45) is 6.35. The van der Waals surface area contributed by atoms with Gasteiger partial charge in [0.2, 0.25) is 0 Å². The fourth-order valence-electron chi connectivity index (χ4n) is 2.69. The van der Waals surface area contributed by atoms with Gasteiger partial charge in [0.1, 0.15) is 0 Å². The SMILES string of the molecule is CN(Cc1cnn(-c2ccccc2)c1)Cc1nnnn1C1CC1. The first-order valence-corrected chi connectivity index (χ1v) is 7.84. The first kappa shape index (κ1) is 14.1. The molecule has 4 rings (SSSR count).